The lowest BCUT2D eigenvalue weighted by Crippen LogP contribution is -2.31. The van der Waals surface area contributed by atoms with Crippen LogP contribution in [0.5, 0.6) is 0 Å². The van der Waals surface area contributed by atoms with E-state index in [1.54, 1.807) is 18.6 Å². The van der Waals surface area contributed by atoms with Gasteiger partial charge in [0, 0.05) is 24.6 Å². The second-order valence-electron chi connectivity index (χ2n) is 5.15. The highest BCUT2D eigenvalue weighted by Gasteiger charge is 2.32. The van der Waals surface area contributed by atoms with Crippen molar-refractivity contribution in [1.82, 2.24) is 24.8 Å². The molecule has 1 fully saturated rings. The van der Waals surface area contributed by atoms with E-state index in [9.17, 15) is 4.79 Å². The molecule has 1 aliphatic heterocycles. The quantitative estimate of drug-likeness (QED) is 0.903. The highest BCUT2D eigenvalue weighted by molar-refractivity contribution is 5.92. The summed E-state index contributed by atoms with van der Waals surface area (Å²) in [6, 6.07) is 0.0132. The molecule has 0 aromatic carbocycles. The van der Waals surface area contributed by atoms with E-state index in [4.69, 9.17) is 0 Å². The zero-order chi connectivity index (χ0) is 14.1. The number of amides is 1. The minimum atomic E-state index is -0.0750. The Bertz CT molecular complexity index is 619. The first-order valence-corrected chi connectivity index (χ1v) is 6.76. The van der Waals surface area contributed by atoms with Gasteiger partial charge in [-0.1, -0.05) is 0 Å². The average molecular weight is 271 g/mol. The summed E-state index contributed by atoms with van der Waals surface area (Å²) in [6.45, 7) is 4.55. The van der Waals surface area contributed by atoms with Crippen LogP contribution < -0.4 is 0 Å². The van der Waals surface area contributed by atoms with Gasteiger partial charge in [-0.25, -0.2) is 9.97 Å². The van der Waals surface area contributed by atoms with Gasteiger partial charge in [0.25, 0.3) is 5.91 Å². The van der Waals surface area contributed by atoms with Gasteiger partial charge in [0.1, 0.15) is 11.5 Å². The van der Waals surface area contributed by atoms with E-state index in [0.717, 1.165) is 36.6 Å². The molecule has 0 bridgehead atoms. The van der Waals surface area contributed by atoms with E-state index in [-0.39, 0.29) is 11.9 Å². The molecule has 1 N–H and O–H groups in total. The Morgan fingerprint density at radius 2 is 2.10 bits per heavy atom. The summed E-state index contributed by atoms with van der Waals surface area (Å²) in [6.07, 6.45) is 6.87. The van der Waals surface area contributed by atoms with Crippen molar-refractivity contribution in [2.75, 3.05) is 6.54 Å². The van der Waals surface area contributed by atoms with E-state index in [2.05, 4.69) is 19.9 Å². The predicted octanol–water partition coefficient (Wildman–Crippen LogP) is 1.79. The first-order valence-electron chi connectivity index (χ1n) is 6.76. The Morgan fingerprint density at radius 1 is 1.25 bits per heavy atom. The molecule has 1 unspecified atom stereocenters. The van der Waals surface area contributed by atoms with Crippen molar-refractivity contribution >= 4 is 5.91 Å². The number of H-pyrrole nitrogens is 1. The standard InChI is InChI=1S/C14H17N5O/c1-9-6-16-11(8-15-9)14(20)19-5-3-4-12(19)13-17-7-10(2)18-13/h6-8,12H,3-5H2,1-2H3,(H,17,18). The Hall–Kier alpha value is -2.24. The van der Waals surface area contributed by atoms with Gasteiger partial charge in [-0.15, -0.1) is 0 Å². The van der Waals surface area contributed by atoms with Gasteiger partial charge >= 0.3 is 0 Å². The van der Waals surface area contributed by atoms with Crippen LogP contribution in [0.25, 0.3) is 0 Å². The second-order valence-corrected chi connectivity index (χ2v) is 5.15. The molecule has 1 saturated heterocycles. The van der Waals surface area contributed by atoms with Crippen LogP contribution in [0.15, 0.2) is 18.6 Å². The first kappa shape index (κ1) is 12.8. The summed E-state index contributed by atoms with van der Waals surface area (Å²) in [7, 11) is 0. The summed E-state index contributed by atoms with van der Waals surface area (Å²) in [5, 5.41) is 0. The fourth-order valence-electron chi connectivity index (χ4n) is 2.55. The van der Waals surface area contributed by atoms with Crippen molar-refractivity contribution in [3.8, 4) is 0 Å². The lowest BCUT2D eigenvalue weighted by molar-refractivity contribution is 0.0724. The number of imidazole rings is 1. The highest BCUT2D eigenvalue weighted by Crippen LogP contribution is 2.31. The predicted molar refractivity (Wildman–Crippen MR) is 73.1 cm³/mol. The topological polar surface area (TPSA) is 74.8 Å². The third kappa shape index (κ3) is 2.29. The number of carbonyl (C=O) groups excluding carboxylic acids is 1. The number of nitrogens with zero attached hydrogens (tertiary/aromatic N) is 4. The summed E-state index contributed by atoms with van der Waals surface area (Å²) < 4.78 is 0. The summed E-state index contributed by atoms with van der Waals surface area (Å²) in [5.41, 5.74) is 2.21. The third-order valence-electron chi connectivity index (χ3n) is 3.55. The Labute approximate surface area is 117 Å². The fourth-order valence-corrected chi connectivity index (χ4v) is 2.55. The summed E-state index contributed by atoms with van der Waals surface area (Å²) in [4.78, 5) is 30.2. The smallest absolute Gasteiger partial charge is 0.274 e. The molecule has 3 rings (SSSR count). The highest BCUT2D eigenvalue weighted by atomic mass is 16.2. The van der Waals surface area contributed by atoms with E-state index < -0.39 is 0 Å². The van der Waals surface area contributed by atoms with E-state index in [1.165, 1.54) is 0 Å². The largest absolute Gasteiger partial charge is 0.344 e. The van der Waals surface area contributed by atoms with Gasteiger partial charge in [0.15, 0.2) is 0 Å². The number of carbonyl (C=O) groups is 1. The lowest BCUT2D eigenvalue weighted by atomic mass is 10.2. The maximum atomic E-state index is 12.5. The molecule has 0 spiro atoms. The van der Waals surface area contributed by atoms with Crippen LogP contribution in [0.3, 0.4) is 0 Å². The van der Waals surface area contributed by atoms with Crippen LogP contribution in [0.4, 0.5) is 0 Å². The number of likely N-dealkylation sites (tertiary alicyclic amines) is 1. The van der Waals surface area contributed by atoms with E-state index in [1.807, 2.05) is 18.7 Å². The minimum absolute atomic E-state index is 0.0132. The molecule has 6 nitrogen and oxygen atoms in total. The van der Waals surface area contributed by atoms with Gasteiger partial charge < -0.3 is 9.88 Å². The van der Waals surface area contributed by atoms with Crippen LogP contribution in [-0.4, -0.2) is 37.3 Å². The summed E-state index contributed by atoms with van der Waals surface area (Å²) in [5.74, 6) is 0.780. The van der Waals surface area contributed by atoms with Crippen molar-refractivity contribution in [2.24, 2.45) is 0 Å². The number of aryl methyl sites for hydroxylation is 2. The minimum Gasteiger partial charge on any atom is -0.344 e. The Morgan fingerprint density at radius 3 is 2.75 bits per heavy atom. The van der Waals surface area contributed by atoms with Gasteiger partial charge in [-0.05, 0) is 26.7 Å². The van der Waals surface area contributed by atoms with Crippen molar-refractivity contribution in [3.63, 3.8) is 0 Å². The summed E-state index contributed by atoms with van der Waals surface area (Å²) >= 11 is 0. The van der Waals surface area contributed by atoms with Gasteiger partial charge in [-0.3, -0.25) is 9.78 Å². The van der Waals surface area contributed by atoms with Crippen LogP contribution in [0.2, 0.25) is 0 Å². The van der Waals surface area contributed by atoms with E-state index >= 15 is 0 Å². The molecule has 2 aromatic heterocycles. The molecule has 0 saturated carbocycles. The molecular formula is C14H17N5O. The fraction of sp³-hybridized carbons (Fsp3) is 0.429. The Kier molecular flexibility index (Phi) is 3.22. The molecule has 3 heterocycles. The maximum Gasteiger partial charge on any atom is 0.274 e. The molecule has 20 heavy (non-hydrogen) atoms. The Balaban J connectivity index is 1.85. The number of aromatic amines is 1. The number of nitrogens with one attached hydrogen (secondary N) is 1. The van der Waals surface area contributed by atoms with Crippen LogP contribution in [0.1, 0.15) is 46.6 Å². The lowest BCUT2D eigenvalue weighted by Gasteiger charge is -2.22. The molecule has 0 radical (unpaired) electrons. The number of hydrogen-bond donors (Lipinski definition) is 1. The normalized spacial score (nSPS) is 18.5. The third-order valence-corrected chi connectivity index (χ3v) is 3.55. The number of aromatic nitrogens is 4. The average Bonchev–Trinajstić information content (AvgIpc) is 3.07. The van der Waals surface area contributed by atoms with Gasteiger partial charge in [-0.2, -0.15) is 0 Å². The first-order chi connectivity index (χ1) is 9.65. The zero-order valence-electron chi connectivity index (χ0n) is 11.6. The molecule has 6 heteroatoms. The molecule has 1 amide bonds. The molecule has 2 aromatic rings. The number of rotatable bonds is 2. The van der Waals surface area contributed by atoms with Crippen molar-refractivity contribution in [1.29, 1.82) is 0 Å². The molecule has 1 aliphatic rings. The molecule has 1 atom stereocenters. The number of hydrogen-bond acceptors (Lipinski definition) is 4. The van der Waals surface area contributed by atoms with Gasteiger partial charge in [0.05, 0.1) is 17.9 Å². The van der Waals surface area contributed by atoms with Crippen molar-refractivity contribution in [2.45, 2.75) is 32.7 Å². The van der Waals surface area contributed by atoms with E-state index in [0.29, 0.717) is 5.69 Å². The van der Waals surface area contributed by atoms with Crippen LogP contribution >= 0.6 is 0 Å². The SMILES string of the molecule is Cc1cnc(C(=O)N2CCCC2c2ncc(C)[nH]2)cn1. The second kappa shape index (κ2) is 5.03. The molecular weight excluding hydrogens is 254 g/mol. The van der Waals surface area contributed by atoms with Gasteiger partial charge in [0.2, 0.25) is 0 Å². The molecule has 0 aliphatic carbocycles. The van der Waals surface area contributed by atoms with Crippen molar-refractivity contribution in [3.05, 3.63) is 41.5 Å². The van der Waals surface area contributed by atoms with Crippen LogP contribution in [-0.2, 0) is 0 Å². The zero-order valence-corrected chi connectivity index (χ0v) is 11.6. The maximum absolute atomic E-state index is 12.5. The molecule has 104 valence electrons. The monoisotopic (exact) mass is 271 g/mol. The van der Waals surface area contributed by atoms with Crippen molar-refractivity contribution < 1.29 is 4.79 Å². The van der Waals surface area contributed by atoms with Crippen LogP contribution in [0, 0.1) is 13.8 Å².